The lowest BCUT2D eigenvalue weighted by Gasteiger charge is -2.31. The van der Waals surface area contributed by atoms with Crippen LogP contribution in [0.15, 0.2) is 0 Å². The van der Waals surface area contributed by atoms with Gasteiger partial charge in [-0.05, 0) is 11.3 Å². The molecule has 19 heavy (non-hydrogen) atoms. The number of aliphatic hydroxyl groups excluding tert-OH is 1. The number of nitrogens with one attached hydrogen (secondary N) is 1. The van der Waals surface area contributed by atoms with E-state index in [2.05, 4.69) is 19.2 Å². The molecule has 2 amide bonds. The second-order valence-corrected chi connectivity index (χ2v) is 6.20. The molecule has 2 atom stereocenters. The predicted octanol–water partition coefficient (Wildman–Crippen LogP) is 0.898. The van der Waals surface area contributed by atoms with Gasteiger partial charge in [-0.2, -0.15) is 0 Å². The lowest BCUT2D eigenvalue weighted by molar-refractivity contribution is -0.141. The van der Waals surface area contributed by atoms with Crippen molar-refractivity contribution in [1.82, 2.24) is 10.2 Å². The number of carbonyl (C=O) groups excluding carboxylic acids is 1. The van der Waals surface area contributed by atoms with E-state index < -0.39 is 24.1 Å². The van der Waals surface area contributed by atoms with Gasteiger partial charge in [-0.3, -0.25) is 0 Å². The molecule has 0 aromatic rings. The first-order valence-corrected chi connectivity index (χ1v) is 6.60. The number of likely N-dealkylation sites (tertiary alicyclic amines) is 1. The van der Waals surface area contributed by atoms with Crippen LogP contribution in [0.3, 0.4) is 0 Å². The Morgan fingerprint density at radius 2 is 2.00 bits per heavy atom. The number of nitrogens with zero attached hydrogens (tertiary/aromatic N) is 1. The van der Waals surface area contributed by atoms with Crippen LogP contribution in [0.2, 0.25) is 0 Å². The van der Waals surface area contributed by atoms with Gasteiger partial charge in [0.25, 0.3) is 0 Å². The maximum absolute atomic E-state index is 12.0. The van der Waals surface area contributed by atoms with E-state index >= 15 is 0 Å². The lowest BCUT2D eigenvalue weighted by atomic mass is 9.81. The van der Waals surface area contributed by atoms with Gasteiger partial charge in [-0.15, -0.1) is 0 Å². The molecular weight excluding hydrogens is 248 g/mol. The molecule has 0 spiro atoms. The van der Waals surface area contributed by atoms with Crippen LogP contribution < -0.4 is 5.32 Å². The summed E-state index contributed by atoms with van der Waals surface area (Å²) < 4.78 is 0. The van der Waals surface area contributed by atoms with Crippen LogP contribution in [0.25, 0.3) is 0 Å². The number of amides is 2. The molecule has 1 aliphatic heterocycles. The molecule has 0 unspecified atom stereocenters. The Morgan fingerprint density at radius 1 is 1.42 bits per heavy atom. The van der Waals surface area contributed by atoms with E-state index in [1.165, 1.54) is 4.90 Å². The van der Waals surface area contributed by atoms with Gasteiger partial charge in [0.05, 0.1) is 6.10 Å². The number of hydrogen-bond acceptors (Lipinski definition) is 3. The zero-order valence-corrected chi connectivity index (χ0v) is 12.0. The van der Waals surface area contributed by atoms with Crippen molar-refractivity contribution in [3.05, 3.63) is 0 Å². The Hall–Kier alpha value is -1.30. The monoisotopic (exact) mass is 272 g/mol. The van der Waals surface area contributed by atoms with Gasteiger partial charge < -0.3 is 20.4 Å². The smallest absolute Gasteiger partial charge is 0.326 e. The quantitative estimate of drug-likeness (QED) is 0.709. The van der Waals surface area contributed by atoms with Crippen molar-refractivity contribution in [1.29, 1.82) is 0 Å². The number of aliphatic hydroxyl groups is 1. The second kappa shape index (κ2) is 5.77. The number of carbonyl (C=O) groups is 2. The van der Waals surface area contributed by atoms with Crippen molar-refractivity contribution >= 4 is 12.0 Å². The van der Waals surface area contributed by atoms with Gasteiger partial charge in [0.15, 0.2) is 0 Å². The number of hydrogen-bond donors (Lipinski definition) is 3. The number of urea groups is 1. The summed E-state index contributed by atoms with van der Waals surface area (Å²) in [6.07, 6.45) is -0.666. The van der Waals surface area contributed by atoms with E-state index in [9.17, 15) is 14.7 Å². The first kappa shape index (κ1) is 15.8. The summed E-state index contributed by atoms with van der Waals surface area (Å²) in [6, 6.07) is -1.35. The molecule has 6 heteroatoms. The fourth-order valence-electron chi connectivity index (χ4n) is 1.88. The third kappa shape index (κ3) is 3.83. The van der Waals surface area contributed by atoms with Gasteiger partial charge in [0.2, 0.25) is 0 Å². The van der Waals surface area contributed by atoms with E-state index in [1.807, 2.05) is 13.8 Å². The van der Waals surface area contributed by atoms with E-state index in [0.29, 0.717) is 12.5 Å². The zero-order valence-electron chi connectivity index (χ0n) is 12.0. The van der Waals surface area contributed by atoms with Crippen LogP contribution in [0, 0.1) is 11.3 Å². The zero-order chi connectivity index (χ0) is 14.8. The minimum Gasteiger partial charge on any atom is -0.480 e. The van der Waals surface area contributed by atoms with Crippen molar-refractivity contribution in [2.24, 2.45) is 11.3 Å². The van der Waals surface area contributed by atoms with Crippen molar-refractivity contribution in [2.45, 2.75) is 46.3 Å². The minimum absolute atomic E-state index is 0.0628. The van der Waals surface area contributed by atoms with Crippen LogP contribution in [-0.4, -0.2) is 52.3 Å². The summed E-state index contributed by atoms with van der Waals surface area (Å²) >= 11 is 0. The number of carboxylic acids is 1. The number of carboxylic acid groups (broad SMARTS) is 1. The first-order chi connectivity index (χ1) is 8.65. The highest BCUT2D eigenvalue weighted by Crippen LogP contribution is 2.25. The Bertz CT molecular complexity index is 355. The van der Waals surface area contributed by atoms with Crippen LogP contribution in [-0.2, 0) is 4.79 Å². The third-order valence-electron chi connectivity index (χ3n) is 4.08. The van der Waals surface area contributed by atoms with Crippen LogP contribution in [0.1, 0.15) is 34.1 Å². The minimum atomic E-state index is -1.07. The standard InChI is InChI=1S/C13H24N2O4/c1-8(2)13(3,4)7-14-12(19)15-6-9(16)5-10(15)11(17)18/h8-10,16H,5-7H2,1-4H3,(H,14,19)(H,17,18)/t9-,10-/m0/s1. The maximum Gasteiger partial charge on any atom is 0.326 e. The molecule has 0 saturated carbocycles. The molecule has 3 N–H and O–H groups in total. The summed E-state index contributed by atoms with van der Waals surface area (Å²) in [5.74, 6) is -0.679. The first-order valence-electron chi connectivity index (χ1n) is 6.60. The van der Waals surface area contributed by atoms with E-state index in [0.717, 1.165) is 0 Å². The van der Waals surface area contributed by atoms with Crippen LogP contribution in [0.5, 0.6) is 0 Å². The molecule has 1 rings (SSSR count). The number of rotatable bonds is 4. The van der Waals surface area contributed by atoms with Crippen molar-refractivity contribution in [3.8, 4) is 0 Å². The molecule has 0 aromatic heterocycles. The van der Waals surface area contributed by atoms with Gasteiger partial charge >= 0.3 is 12.0 Å². The Morgan fingerprint density at radius 3 is 2.47 bits per heavy atom. The molecule has 1 heterocycles. The molecule has 0 aliphatic carbocycles. The molecule has 6 nitrogen and oxygen atoms in total. The predicted molar refractivity (Wildman–Crippen MR) is 70.8 cm³/mol. The largest absolute Gasteiger partial charge is 0.480 e. The van der Waals surface area contributed by atoms with Gasteiger partial charge in [-0.1, -0.05) is 27.7 Å². The number of aliphatic carboxylic acids is 1. The summed E-state index contributed by atoms with van der Waals surface area (Å²) in [6.45, 7) is 8.79. The molecule has 1 fully saturated rings. The van der Waals surface area contributed by atoms with E-state index in [4.69, 9.17) is 5.11 Å². The topological polar surface area (TPSA) is 89.9 Å². The number of β-amino-alcohol motifs (C(OH)–C–C–N with tert-alkyl or cyclic N) is 1. The van der Waals surface area contributed by atoms with Gasteiger partial charge in [0, 0.05) is 19.5 Å². The SMILES string of the molecule is CC(C)C(C)(C)CNC(=O)N1C[C@@H](O)C[C@H]1C(=O)O. The highest BCUT2D eigenvalue weighted by molar-refractivity contribution is 5.83. The molecule has 1 aliphatic rings. The van der Waals surface area contributed by atoms with Gasteiger partial charge in [0.1, 0.15) is 6.04 Å². The summed E-state index contributed by atoms with van der Waals surface area (Å²) in [4.78, 5) is 24.3. The van der Waals surface area contributed by atoms with Crippen LogP contribution >= 0.6 is 0 Å². The maximum atomic E-state index is 12.0. The normalized spacial score (nSPS) is 23.8. The molecule has 0 bridgehead atoms. The van der Waals surface area contributed by atoms with Crippen molar-refractivity contribution < 1.29 is 19.8 Å². The highest BCUT2D eigenvalue weighted by atomic mass is 16.4. The van der Waals surface area contributed by atoms with Crippen molar-refractivity contribution in [3.63, 3.8) is 0 Å². The fourth-order valence-corrected chi connectivity index (χ4v) is 1.88. The van der Waals surface area contributed by atoms with Crippen molar-refractivity contribution in [2.75, 3.05) is 13.1 Å². The lowest BCUT2D eigenvalue weighted by Crippen LogP contribution is -2.48. The summed E-state index contributed by atoms with van der Waals surface area (Å²) in [5.41, 5.74) is -0.0628. The second-order valence-electron chi connectivity index (χ2n) is 6.20. The summed E-state index contributed by atoms with van der Waals surface area (Å²) in [7, 11) is 0. The highest BCUT2D eigenvalue weighted by Gasteiger charge is 2.39. The van der Waals surface area contributed by atoms with E-state index in [-0.39, 0.29) is 18.4 Å². The summed E-state index contributed by atoms with van der Waals surface area (Å²) in [5, 5.41) is 21.3. The average Bonchev–Trinajstić information content (AvgIpc) is 2.68. The van der Waals surface area contributed by atoms with Gasteiger partial charge in [-0.25, -0.2) is 9.59 Å². The molecule has 0 radical (unpaired) electrons. The molecule has 110 valence electrons. The molecule has 0 aromatic carbocycles. The Kier molecular flexibility index (Phi) is 4.79. The third-order valence-corrected chi connectivity index (χ3v) is 4.08. The Labute approximate surface area is 113 Å². The molecule has 1 saturated heterocycles. The van der Waals surface area contributed by atoms with Crippen LogP contribution in [0.4, 0.5) is 4.79 Å². The fraction of sp³-hybridized carbons (Fsp3) is 0.846. The molecular formula is C13H24N2O4. The van der Waals surface area contributed by atoms with E-state index in [1.54, 1.807) is 0 Å². The average molecular weight is 272 g/mol. The Balaban J connectivity index is 2.60.